The number of thiophene rings is 1. The quantitative estimate of drug-likeness (QED) is 0.607. The van der Waals surface area contributed by atoms with Gasteiger partial charge in [-0.2, -0.15) is 0 Å². The van der Waals surface area contributed by atoms with E-state index in [9.17, 15) is 9.59 Å². The van der Waals surface area contributed by atoms with Crippen molar-refractivity contribution in [2.45, 2.75) is 44.2 Å². The fraction of sp³-hybridized carbons (Fsp3) is 0.308. The molecule has 1 N–H and O–H groups in total. The van der Waals surface area contributed by atoms with Gasteiger partial charge in [0.15, 0.2) is 0 Å². The Morgan fingerprint density at radius 1 is 1.10 bits per heavy atom. The summed E-state index contributed by atoms with van der Waals surface area (Å²) in [6, 6.07) is 19.9. The van der Waals surface area contributed by atoms with E-state index in [0.717, 1.165) is 36.0 Å². The predicted molar refractivity (Wildman–Crippen MR) is 123 cm³/mol. The second-order valence-corrected chi connectivity index (χ2v) is 9.52. The first kappa shape index (κ1) is 20.0. The molecule has 1 aliphatic carbocycles. The number of carbonyl (C=O) groups is 2. The molecule has 1 aliphatic heterocycles. The molecule has 0 unspecified atom stereocenters. The minimum Gasteiger partial charge on any atom is -0.355 e. The Morgan fingerprint density at radius 3 is 2.68 bits per heavy atom. The maximum atomic E-state index is 13.6. The molecule has 1 aromatic heterocycles. The Morgan fingerprint density at radius 2 is 1.94 bits per heavy atom. The van der Waals surface area contributed by atoms with E-state index in [4.69, 9.17) is 0 Å². The first-order valence-corrected chi connectivity index (χ1v) is 11.8. The highest BCUT2D eigenvalue weighted by Gasteiger charge is 2.48. The average Bonchev–Trinajstić information content (AvgIpc) is 3.48. The van der Waals surface area contributed by atoms with E-state index >= 15 is 0 Å². The maximum absolute atomic E-state index is 13.6. The molecule has 2 aromatic carbocycles. The van der Waals surface area contributed by atoms with Crippen LogP contribution in [0.15, 0.2) is 66.0 Å². The predicted octanol–water partition coefficient (Wildman–Crippen LogP) is 4.86. The second kappa shape index (κ2) is 8.31. The molecule has 158 valence electrons. The highest BCUT2D eigenvalue weighted by Crippen LogP contribution is 2.47. The molecule has 2 aliphatic rings. The number of carbonyl (C=O) groups excluding carboxylic acids is 2. The van der Waals surface area contributed by atoms with E-state index < -0.39 is 5.92 Å². The molecule has 1 fully saturated rings. The van der Waals surface area contributed by atoms with Gasteiger partial charge in [0.25, 0.3) is 5.91 Å². The van der Waals surface area contributed by atoms with Crippen LogP contribution in [0.5, 0.6) is 0 Å². The first-order valence-electron chi connectivity index (χ1n) is 10.9. The molecule has 0 saturated heterocycles. The number of rotatable bonds is 6. The number of fused-ring (bicyclic) bond motifs is 1. The van der Waals surface area contributed by atoms with Gasteiger partial charge >= 0.3 is 0 Å². The summed E-state index contributed by atoms with van der Waals surface area (Å²) in [6.45, 7) is 2.65. The van der Waals surface area contributed by atoms with Gasteiger partial charge in [0.1, 0.15) is 0 Å². The third kappa shape index (κ3) is 3.90. The fourth-order valence-electron chi connectivity index (χ4n) is 4.67. The summed E-state index contributed by atoms with van der Waals surface area (Å²) in [6.07, 6.45) is 2.82. The largest absolute Gasteiger partial charge is 0.355 e. The van der Waals surface area contributed by atoms with E-state index in [1.54, 1.807) is 11.3 Å². The Kier molecular flexibility index (Phi) is 5.36. The SMILES string of the molecule is Cc1cccc([C@H]2[C@H](C(=O)NCCc3cccs3)c3ccccc3C(=O)N2C2CC2)c1. The van der Waals surface area contributed by atoms with Crippen LogP contribution in [0, 0.1) is 6.92 Å². The molecular weight excluding hydrogens is 404 g/mol. The van der Waals surface area contributed by atoms with Gasteiger partial charge in [0.05, 0.1) is 12.0 Å². The van der Waals surface area contributed by atoms with Crippen molar-refractivity contribution in [1.29, 1.82) is 0 Å². The van der Waals surface area contributed by atoms with Crippen molar-refractivity contribution in [3.05, 3.63) is 93.2 Å². The molecule has 0 radical (unpaired) electrons. The Balaban J connectivity index is 1.53. The topological polar surface area (TPSA) is 49.4 Å². The number of amides is 2. The molecule has 2 atom stereocenters. The minimum atomic E-state index is -0.417. The number of benzene rings is 2. The molecular formula is C26H26N2O2S. The molecule has 0 spiro atoms. The number of hydrogen-bond acceptors (Lipinski definition) is 3. The first-order chi connectivity index (χ1) is 15.1. The van der Waals surface area contributed by atoms with Gasteiger partial charge in [0, 0.05) is 23.0 Å². The number of nitrogens with zero attached hydrogens (tertiary/aromatic N) is 1. The monoisotopic (exact) mass is 430 g/mol. The van der Waals surface area contributed by atoms with Crippen LogP contribution in [0.25, 0.3) is 0 Å². The van der Waals surface area contributed by atoms with Crippen molar-refractivity contribution in [3.8, 4) is 0 Å². The van der Waals surface area contributed by atoms with Gasteiger partial charge in [-0.15, -0.1) is 11.3 Å². The second-order valence-electron chi connectivity index (χ2n) is 8.49. The standard InChI is InChI=1S/C26H26N2O2S/c1-17-6-4-7-18(16-17)24-23(25(29)27-14-13-20-8-5-15-31-20)21-9-2-3-10-22(21)26(30)28(24)19-11-12-19/h2-10,15-16,19,23-24H,11-14H2,1H3,(H,27,29)/t23-,24+/m1/s1. The third-order valence-electron chi connectivity index (χ3n) is 6.23. The summed E-state index contributed by atoms with van der Waals surface area (Å²) in [7, 11) is 0. The summed E-state index contributed by atoms with van der Waals surface area (Å²) in [4.78, 5) is 30.4. The van der Waals surface area contributed by atoms with Gasteiger partial charge in [-0.05, 0) is 54.8 Å². The Labute approximate surface area is 186 Å². The van der Waals surface area contributed by atoms with Crippen molar-refractivity contribution in [2.24, 2.45) is 0 Å². The Hall–Kier alpha value is -2.92. The molecule has 31 heavy (non-hydrogen) atoms. The molecule has 2 heterocycles. The fourth-order valence-corrected chi connectivity index (χ4v) is 5.38. The van der Waals surface area contributed by atoms with Crippen molar-refractivity contribution in [1.82, 2.24) is 10.2 Å². The summed E-state index contributed by atoms with van der Waals surface area (Å²) in [5, 5.41) is 5.23. The van der Waals surface area contributed by atoms with Crippen molar-refractivity contribution in [2.75, 3.05) is 6.54 Å². The number of nitrogens with one attached hydrogen (secondary N) is 1. The van der Waals surface area contributed by atoms with Crippen LogP contribution in [0.2, 0.25) is 0 Å². The van der Waals surface area contributed by atoms with Crippen LogP contribution in [-0.2, 0) is 11.2 Å². The molecule has 0 bridgehead atoms. The molecule has 5 rings (SSSR count). The average molecular weight is 431 g/mol. The van der Waals surface area contributed by atoms with E-state index in [1.165, 1.54) is 4.88 Å². The van der Waals surface area contributed by atoms with E-state index in [2.05, 4.69) is 41.9 Å². The van der Waals surface area contributed by atoms with Gasteiger partial charge < -0.3 is 10.2 Å². The highest BCUT2D eigenvalue weighted by atomic mass is 32.1. The lowest BCUT2D eigenvalue weighted by atomic mass is 9.78. The lowest BCUT2D eigenvalue weighted by Crippen LogP contribution is -2.48. The van der Waals surface area contributed by atoms with Gasteiger partial charge in [0.2, 0.25) is 5.91 Å². The molecule has 1 saturated carbocycles. The normalized spacial score (nSPS) is 20.4. The van der Waals surface area contributed by atoms with Crippen LogP contribution in [0.4, 0.5) is 0 Å². The van der Waals surface area contributed by atoms with Crippen molar-refractivity contribution in [3.63, 3.8) is 0 Å². The minimum absolute atomic E-state index is 0.00587. The zero-order valence-corrected chi connectivity index (χ0v) is 18.4. The van der Waals surface area contributed by atoms with Crippen LogP contribution in [0.3, 0.4) is 0 Å². The van der Waals surface area contributed by atoms with Crippen molar-refractivity contribution < 1.29 is 9.59 Å². The molecule has 4 nitrogen and oxygen atoms in total. The van der Waals surface area contributed by atoms with E-state index in [-0.39, 0.29) is 23.9 Å². The van der Waals surface area contributed by atoms with Crippen LogP contribution in [0.1, 0.15) is 56.7 Å². The lowest BCUT2D eigenvalue weighted by molar-refractivity contribution is -0.124. The lowest BCUT2D eigenvalue weighted by Gasteiger charge is -2.42. The zero-order chi connectivity index (χ0) is 21.4. The van der Waals surface area contributed by atoms with Crippen molar-refractivity contribution >= 4 is 23.2 Å². The van der Waals surface area contributed by atoms with Gasteiger partial charge in [-0.25, -0.2) is 0 Å². The van der Waals surface area contributed by atoms with Crippen LogP contribution >= 0.6 is 11.3 Å². The summed E-state index contributed by atoms with van der Waals surface area (Å²) in [5.74, 6) is -0.375. The number of aryl methyl sites for hydroxylation is 1. The molecule has 3 aromatic rings. The van der Waals surface area contributed by atoms with Gasteiger partial charge in [-0.3, -0.25) is 9.59 Å². The van der Waals surface area contributed by atoms with Crippen LogP contribution in [-0.4, -0.2) is 29.3 Å². The summed E-state index contributed by atoms with van der Waals surface area (Å²) in [5.41, 5.74) is 3.67. The maximum Gasteiger partial charge on any atom is 0.254 e. The summed E-state index contributed by atoms with van der Waals surface area (Å²) >= 11 is 1.71. The van der Waals surface area contributed by atoms with Gasteiger partial charge in [-0.1, -0.05) is 54.1 Å². The Bertz CT molecular complexity index is 1100. The summed E-state index contributed by atoms with van der Waals surface area (Å²) < 4.78 is 0. The molecule has 2 amide bonds. The third-order valence-corrected chi connectivity index (χ3v) is 7.17. The van der Waals surface area contributed by atoms with E-state index in [0.29, 0.717) is 12.1 Å². The highest BCUT2D eigenvalue weighted by molar-refractivity contribution is 7.09. The number of hydrogen-bond donors (Lipinski definition) is 1. The van der Waals surface area contributed by atoms with E-state index in [1.807, 2.05) is 41.3 Å². The smallest absolute Gasteiger partial charge is 0.254 e. The molecule has 5 heteroatoms. The van der Waals surface area contributed by atoms with Crippen LogP contribution < -0.4 is 5.32 Å². The zero-order valence-electron chi connectivity index (χ0n) is 17.6.